The van der Waals surface area contributed by atoms with Crippen LogP contribution in [0.25, 0.3) is 0 Å². The van der Waals surface area contributed by atoms with Gasteiger partial charge >= 0.3 is 0 Å². The number of amides is 4. The zero-order valence-corrected chi connectivity index (χ0v) is 14.3. The molecule has 0 bridgehead atoms. The molecule has 1 heterocycles. The van der Waals surface area contributed by atoms with Crippen LogP contribution in [0, 0.1) is 11.3 Å². The van der Waals surface area contributed by atoms with Crippen molar-refractivity contribution < 1.29 is 19.2 Å². The van der Waals surface area contributed by atoms with E-state index < -0.39 is 0 Å². The molecule has 1 aromatic rings. The molecule has 8 heteroatoms. The fourth-order valence-electron chi connectivity index (χ4n) is 2.61. The highest BCUT2D eigenvalue weighted by Crippen LogP contribution is 2.22. The van der Waals surface area contributed by atoms with Gasteiger partial charge in [-0.15, -0.1) is 0 Å². The van der Waals surface area contributed by atoms with Crippen molar-refractivity contribution in [1.29, 1.82) is 5.26 Å². The first-order valence-electron chi connectivity index (χ1n) is 8.40. The molecule has 2 rings (SSSR count). The highest BCUT2D eigenvalue weighted by Gasteiger charge is 2.34. The Hall–Kier alpha value is -3.21. The van der Waals surface area contributed by atoms with Crippen LogP contribution >= 0.6 is 0 Å². The maximum absolute atomic E-state index is 12.2. The molecule has 0 spiro atoms. The summed E-state index contributed by atoms with van der Waals surface area (Å²) in [5.41, 5.74) is 0.806. The van der Waals surface area contributed by atoms with Gasteiger partial charge in [-0.3, -0.25) is 24.1 Å². The minimum Gasteiger partial charge on any atom is -0.356 e. The summed E-state index contributed by atoms with van der Waals surface area (Å²) in [6.07, 6.45) is 0.968. The van der Waals surface area contributed by atoms with Gasteiger partial charge in [0.15, 0.2) is 0 Å². The Labute approximate surface area is 151 Å². The SMILES string of the molecule is N#CCC(=O)NCCCNC(=O)CCCN1C(=O)c2ccccc2C1=O. The van der Waals surface area contributed by atoms with Crippen molar-refractivity contribution in [1.82, 2.24) is 15.5 Å². The molecule has 136 valence electrons. The average molecular weight is 356 g/mol. The van der Waals surface area contributed by atoms with Crippen LogP contribution in [-0.2, 0) is 9.59 Å². The number of hydrogen-bond acceptors (Lipinski definition) is 5. The average Bonchev–Trinajstić information content (AvgIpc) is 2.87. The lowest BCUT2D eigenvalue weighted by atomic mass is 10.1. The molecule has 0 unspecified atom stereocenters. The van der Waals surface area contributed by atoms with Crippen LogP contribution in [-0.4, -0.2) is 48.2 Å². The number of fused-ring (bicyclic) bond motifs is 1. The summed E-state index contributed by atoms with van der Waals surface area (Å²) in [5, 5.41) is 13.6. The molecule has 0 aromatic heterocycles. The van der Waals surface area contributed by atoms with Gasteiger partial charge in [0, 0.05) is 26.1 Å². The van der Waals surface area contributed by atoms with Crippen LogP contribution < -0.4 is 10.6 Å². The molecule has 1 aliphatic rings. The molecule has 4 amide bonds. The molecule has 0 saturated heterocycles. The summed E-state index contributed by atoms with van der Waals surface area (Å²) in [6, 6.07) is 8.42. The topological polar surface area (TPSA) is 119 Å². The van der Waals surface area contributed by atoms with Crippen LogP contribution in [0.2, 0.25) is 0 Å². The summed E-state index contributed by atoms with van der Waals surface area (Å²) >= 11 is 0. The zero-order chi connectivity index (χ0) is 18.9. The van der Waals surface area contributed by atoms with Gasteiger partial charge in [-0.25, -0.2) is 0 Å². The Kier molecular flexibility index (Phi) is 6.85. The number of hydrogen-bond donors (Lipinski definition) is 2. The Morgan fingerprint density at radius 3 is 2.12 bits per heavy atom. The Morgan fingerprint density at radius 1 is 0.962 bits per heavy atom. The maximum Gasteiger partial charge on any atom is 0.261 e. The van der Waals surface area contributed by atoms with E-state index >= 15 is 0 Å². The van der Waals surface area contributed by atoms with Crippen LogP contribution in [0.1, 0.15) is 46.4 Å². The monoisotopic (exact) mass is 356 g/mol. The number of carbonyl (C=O) groups excluding carboxylic acids is 4. The fourth-order valence-corrected chi connectivity index (χ4v) is 2.61. The molecule has 26 heavy (non-hydrogen) atoms. The van der Waals surface area contributed by atoms with Gasteiger partial charge in [0.05, 0.1) is 17.2 Å². The van der Waals surface area contributed by atoms with Gasteiger partial charge < -0.3 is 10.6 Å². The summed E-state index contributed by atoms with van der Waals surface area (Å²) in [7, 11) is 0. The fraction of sp³-hybridized carbons (Fsp3) is 0.389. The first kappa shape index (κ1) is 19.1. The van der Waals surface area contributed by atoms with E-state index in [2.05, 4.69) is 10.6 Å². The highest BCUT2D eigenvalue weighted by molar-refractivity contribution is 6.21. The minimum absolute atomic E-state index is 0.176. The number of nitrogens with zero attached hydrogens (tertiary/aromatic N) is 2. The molecule has 1 aromatic carbocycles. The van der Waals surface area contributed by atoms with Gasteiger partial charge in [-0.05, 0) is 25.0 Å². The van der Waals surface area contributed by atoms with Gasteiger partial charge in [-0.2, -0.15) is 5.26 Å². The van der Waals surface area contributed by atoms with Crippen molar-refractivity contribution in [2.45, 2.75) is 25.7 Å². The first-order valence-corrected chi connectivity index (χ1v) is 8.40. The third-order valence-corrected chi connectivity index (χ3v) is 3.90. The quantitative estimate of drug-likeness (QED) is 0.496. The van der Waals surface area contributed by atoms with E-state index in [0.717, 1.165) is 0 Å². The molecule has 0 radical (unpaired) electrons. The first-order chi connectivity index (χ1) is 12.5. The Balaban J connectivity index is 1.62. The van der Waals surface area contributed by atoms with E-state index in [1.54, 1.807) is 30.3 Å². The van der Waals surface area contributed by atoms with E-state index in [0.29, 0.717) is 37.1 Å². The Bertz CT molecular complexity index is 719. The molecule has 0 saturated carbocycles. The predicted molar refractivity (Wildman–Crippen MR) is 91.9 cm³/mol. The number of rotatable bonds is 9. The largest absolute Gasteiger partial charge is 0.356 e. The van der Waals surface area contributed by atoms with Crippen LogP contribution in [0.15, 0.2) is 24.3 Å². The van der Waals surface area contributed by atoms with Gasteiger partial charge in [0.25, 0.3) is 11.8 Å². The molecule has 0 fully saturated rings. The summed E-state index contributed by atoms with van der Waals surface area (Å²) in [5.74, 6) is -1.15. The normalized spacial score (nSPS) is 12.5. The lowest BCUT2D eigenvalue weighted by Crippen LogP contribution is -2.32. The van der Waals surface area contributed by atoms with Crippen LogP contribution in [0.3, 0.4) is 0 Å². The second-order valence-electron chi connectivity index (χ2n) is 5.80. The number of carbonyl (C=O) groups is 4. The van der Waals surface area contributed by atoms with Crippen molar-refractivity contribution >= 4 is 23.6 Å². The van der Waals surface area contributed by atoms with E-state index in [4.69, 9.17) is 5.26 Å². The minimum atomic E-state index is -0.334. The summed E-state index contributed by atoms with van der Waals surface area (Å²) in [4.78, 5) is 48.4. The van der Waals surface area contributed by atoms with Crippen molar-refractivity contribution in [2.24, 2.45) is 0 Å². The van der Waals surface area contributed by atoms with E-state index in [1.165, 1.54) is 4.90 Å². The number of imide groups is 1. The zero-order valence-electron chi connectivity index (χ0n) is 14.3. The molecule has 1 aliphatic heterocycles. The van der Waals surface area contributed by atoms with Gasteiger partial charge in [-0.1, -0.05) is 12.1 Å². The second-order valence-corrected chi connectivity index (χ2v) is 5.80. The van der Waals surface area contributed by atoms with E-state index in [1.807, 2.05) is 0 Å². The van der Waals surface area contributed by atoms with E-state index in [-0.39, 0.29) is 43.0 Å². The number of nitrogens with one attached hydrogen (secondary N) is 2. The van der Waals surface area contributed by atoms with E-state index in [9.17, 15) is 19.2 Å². The second kappa shape index (κ2) is 9.32. The molecule has 0 aliphatic carbocycles. The number of nitriles is 1. The van der Waals surface area contributed by atoms with Crippen molar-refractivity contribution in [2.75, 3.05) is 19.6 Å². The lowest BCUT2D eigenvalue weighted by Gasteiger charge is -2.13. The van der Waals surface area contributed by atoms with Gasteiger partial charge in [0.2, 0.25) is 11.8 Å². The smallest absolute Gasteiger partial charge is 0.261 e. The third kappa shape index (κ3) is 4.89. The van der Waals surface area contributed by atoms with Crippen molar-refractivity contribution in [3.8, 4) is 6.07 Å². The number of benzene rings is 1. The third-order valence-electron chi connectivity index (χ3n) is 3.90. The van der Waals surface area contributed by atoms with Crippen LogP contribution in [0.5, 0.6) is 0 Å². The lowest BCUT2D eigenvalue weighted by molar-refractivity contribution is -0.121. The van der Waals surface area contributed by atoms with Crippen molar-refractivity contribution in [3.63, 3.8) is 0 Å². The predicted octanol–water partition coefficient (Wildman–Crippen LogP) is 0.599. The van der Waals surface area contributed by atoms with Crippen LogP contribution in [0.4, 0.5) is 0 Å². The molecule has 0 atom stereocenters. The molecule has 2 N–H and O–H groups in total. The maximum atomic E-state index is 12.2. The molecule has 8 nitrogen and oxygen atoms in total. The summed E-state index contributed by atoms with van der Waals surface area (Å²) in [6.45, 7) is 0.985. The molecular formula is C18H20N4O4. The van der Waals surface area contributed by atoms with Gasteiger partial charge in [0.1, 0.15) is 6.42 Å². The van der Waals surface area contributed by atoms with Crippen molar-refractivity contribution in [3.05, 3.63) is 35.4 Å². The summed E-state index contributed by atoms with van der Waals surface area (Å²) < 4.78 is 0. The molecular weight excluding hydrogens is 336 g/mol. The standard InChI is InChI=1S/C18H20N4O4/c19-9-8-16(24)21-11-4-10-20-15(23)7-3-12-22-17(25)13-5-1-2-6-14(13)18(22)26/h1-2,5-6H,3-4,7-8,10-12H2,(H,20,23)(H,21,24). The highest BCUT2D eigenvalue weighted by atomic mass is 16.2. The Morgan fingerprint density at radius 2 is 1.54 bits per heavy atom.